The summed E-state index contributed by atoms with van der Waals surface area (Å²) in [4.78, 5) is 4.68. The molecule has 0 aliphatic carbocycles. The zero-order chi connectivity index (χ0) is 18.6. The van der Waals surface area contributed by atoms with E-state index in [1.807, 2.05) is 24.3 Å². The Hall–Kier alpha value is -2.53. The molecule has 0 spiro atoms. The van der Waals surface area contributed by atoms with Crippen molar-refractivity contribution in [3.8, 4) is 5.75 Å². The molecule has 0 aliphatic heterocycles. The number of hydrogen-bond acceptors (Lipinski definition) is 3. The summed E-state index contributed by atoms with van der Waals surface area (Å²) in [7, 11) is 3.41. The zero-order valence-electron chi connectivity index (χ0n) is 15.9. The molecule has 0 aliphatic rings. The van der Waals surface area contributed by atoms with Crippen molar-refractivity contribution in [2.24, 2.45) is 4.99 Å². The van der Waals surface area contributed by atoms with Crippen LogP contribution >= 0.6 is 0 Å². The number of aliphatic imine (C=N–C) groups is 1. The fraction of sp³-hybridized carbons (Fsp3) is 0.381. The van der Waals surface area contributed by atoms with Crippen LogP contribution in [0.4, 0.5) is 0 Å². The summed E-state index contributed by atoms with van der Waals surface area (Å²) in [6, 6.07) is 16.4. The number of hydrogen-bond donors (Lipinski definition) is 2. The van der Waals surface area contributed by atoms with E-state index in [1.165, 1.54) is 11.1 Å². The second-order valence-electron chi connectivity index (χ2n) is 5.94. The van der Waals surface area contributed by atoms with E-state index in [-0.39, 0.29) is 0 Å². The van der Waals surface area contributed by atoms with Crippen LogP contribution in [0.2, 0.25) is 0 Å². The average Bonchev–Trinajstić information content (AvgIpc) is 2.67. The molecule has 5 nitrogen and oxygen atoms in total. The molecule has 140 valence electrons. The van der Waals surface area contributed by atoms with E-state index in [1.54, 1.807) is 14.2 Å². The Kier molecular flexibility index (Phi) is 8.49. The second kappa shape index (κ2) is 11.2. The molecule has 26 heavy (non-hydrogen) atoms. The number of benzene rings is 2. The van der Waals surface area contributed by atoms with Gasteiger partial charge >= 0.3 is 0 Å². The number of para-hydroxylation sites is 1. The van der Waals surface area contributed by atoms with E-state index in [2.05, 4.69) is 46.8 Å². The Bertz CT molecular complexity index is 701. The normalized spacial score (nSPS) is 11.3. The van der Waals surface area contributed by atoms with Crippen molar-refractivity contribution in [1.82, 2.24) is 10.6 Å². The number of guanidine groups is 1. The average molecular weight is 355 g/mol. The van der Waals surface area contributed by atoms with E-state index in [9.17, 15) is 0 Å². The number of nitrogens with zero attached hydrogens (tertiary/aromatic N) is 1. The standard InChI is InChI=1S/C21H29N3O2/c1-4-22-21(23-13-12-19-10-5-6-11-20(19)26-3)24-15-17-8-7-9-18(14-17)16-25-2/h5-11,14H,4,12-13,15-16H2,1-3H3,(H2,22,23,24). The van der Waals surface area contributed by atoms with E-state index < -0.39 is 0 Å². The lowest BCUT2D eigenvalue weighted by Crippen LogP contribution is -2.38. The molecule has 0 fully saturated rings. The minimum absolute atomic E-state index is 0.620. The third-order valence-corrected chi connectivity index (χ3v) is 3.95. The third-order valence-electron chi connectivity index (χ3n) is 3.95. The number of rotatable bonds is 9. The lowest BCUT2D eigenvalue weighted by atomic mass is 10.1. The van der Waals surface area contributed by atoms with Crippen LogP contribution < -0.4 is 15.4 Å². The highest BCUT2D eigenvalue weighted by atomic mass is 16.5. The first-order chi connectivity index (χ1) is 12.8. The van der Waals surface area contributed by atoms with Crippen molar-refractivity contribution >= 4 is 5.96 Å². The fourth-order valence-electron chi connectivity index (χ4n) is 2.72. The third kappa shape index (κ3) is 6.41. The summed E-state index contributed by atoms with van der Waals surface area (Å²) in [5.41, 5.74) is 3.52. The molecule has 0 radical (unpaired) electrons. The molecule has 0 heterocycles. The smallest absolute Gasteiger partial charge is 0.191 e. The summed E-state index contributed by atoms with van der Waals surface area (Å²) < 4.78 is 10.6. The lowest BCUT2D eigenvalue weighted by molar-refractivity contribution is 0.185. The summed E-state index contributed by atoms with van der Waals surface area (Å²) in [5.74, 6) is 1.74. The summed E-state index contributed by atoms with van der Waals surface area (Å²) in [6.45, 7) is 4.92. The van der Waals surface area contributed by atoms with Crippen molar-refractivity contribution in [3.63, 3.8) is 0 Å². The SMILES string of the molecule is CCNC(=NCc1cccc(COC)c1)NCCc1ccccc1OC. The van der Waals surface area contributed by atoms with Crippen molar-refractivity contribution in [2.75, 3.05) is 27.3 Å². The van der Waals surface area contributed by atoms with Crippen molar-refractivity contribution < 1.29 is 9.47 Å². The largest absolute Gasteiger partial charge is 0.496 e. The van der Waals surface area contributed by atoms with Crippen LogP contribution in [0.1, 0.15) is 23.6 Å². The van der Waals surface area contributed by atoms with Gasteiger partial charge in [-0.25, -0.2) is 4.99 Å². The van der Waals surface area contributed by atoms with Gasteiger partial charge in [0.15, 0.2) is 5.96 Å². The van der Waals surface area contributed by atoms with Crippen LogP contribution in [0.3, 0.4) is 0 Å². The molecular formula is C21H29N3O2. The second-order valence-corrected chi connectivity index (χ2v) is 5.94. The number of methoxy groups -OCH3 is 2. The predicted molar refractivity (Wildman–Crippen MR) is 107 cm³/mol. The van der Waals surface area contributed by atoms with Crippen LogP contribution in [-0.4, -0.2) is 33.3 Å². The van der Waals surface area contributed by atoms with Gasteiger partial charge in [-0.05, 0) is 36.1 Å². The molecular weight excluding hydrogens is 326 g/mol. The van der Waals surface area contributed by atoms with Crippen LogP contribution in [-0.2, 0) is 24.3 Å². The monoisotopic (exact) mass is 355 g/mol. The van der Waals surface area contributed by atoms with Gasteiger partial charge in [0.1, 0.15) is 5.75 Å². The topological polar surface area (TPSA) is 54.9 Å². The lowest BCUT2D eigenvalue weighted by Gasteiger charge is -2.13. The first kappa shape index (κ1) is 19.8. The Morgan fingerprint density at radius 3 is 2.58 bits per heavy atom. The van der Waals surface area contributed by atoms with Crippen molar-refractivity contribution in [1.29, 1.82) is 0 Å². The van der Waals surface area contributed by atoms with Gasteiger partial charge in [-0.3, -0.25) is 0 Å². The molecule has 0 amide bonds. The number of ether oxygens (including phenoxy) is 2. The van der Waals surface area contributed by atoms with Gasteiger partial charge in [0.05, 0.1) is 20.3 Å². The Morgan fingerprint density at radius 1 is 1.00 bits per heavy atom. The first-order valence-corrected chi connectivity index (χ1v) is 8.97. The molecule has 0 saturated carbocycles. The molecule has 5 heteroatoms. The van der Waals surface area contributed by atoms with Gasteiger partial charge in [0.25, 0.3) is 0 Å². The highest BCUT2D eigenvalue weighted by Gasteiger charge is 2.03. The predicted octanol–water partition coefficient (Wildman–Crippen LogP) is 3.14. The highest BCUT2D eigenvalue weighted by Crippen LogP contribution is 2.17. The fourth-order valence-corrected chi connectivity index (χ4v) is 2.72. The minimum Gasteiger partial charge on any atom is -0.496 e. The molecule has 0 bridgehead atoms. The van der Waals surface area contributed by atoms with Crippen LogP contribution in [0.25, 0.3) is 0 Å². The molecule has 2 aromatic carbocycles. The van der Waals surface area contributed by atoms with Crippen molar-refractivity contribution in [3.05, 3.63) is 65.2 Å². The summed E-state index contributed by atoms with van der Waals surface area (Å²) in [5, 5.41) is 6.68. The minimum atomic E-state index is 0.620. The van der Waals surface area contributed by atoms with Gasteiger partial charge in [-0.1, -0.05) is 42.5 Å². The van der Waals surface area contributed by atoms with E-state index >= 15 is 0 Å². The Balaban J connectivity index is 1.93. The molecule has 0 unspecified atom stereocenters. The van der Waals surface area contributed by atoms with Crippen LogP contribution in [0, 0.1) is 0 Å². The Labute approximate surface area is 156 Å². The van der Waals surface area contributed by atoms with E-state index in [4.69, 9.17) is 9.47 Å². The number of nitrogens with one attached hydrogen (secondary N) is 2. The summed E-state index contributed by atoms with van der Waals surface area (Å²) >= 11 is 0. The maximum absolute atomic E-state index is 5.40. The van der Waals surface area contributed by atoms with Gasteiger partial charge in [-0.2, -0.15) is 0 Å². The van der Waals surface area contributed by atoms with Gasteiger partial charge in [0.2, 0.25) is 0 Å². The highest BCUT2D eigenvalue weighted by molar-refractivity contribution is 5.79. The first-order valence-electron chi connectivity index (χ1n) is 8.97. The van der Waals surface area contributed by atoms with E-state index in [0.29, 0.717) is 13.2 Å². The molecule has 0 aromatic heterocycles. The Morgan fingerprint density at radius 2 is 1.81 bits per heavy atom. The molecule has 2 rings (SSSR count). The molecule has 0 saturated heterocycles. The quantitative estimate of drug-likeness (QED) is 0.536. The maximum Gasteiger partial charge on any atom is 0.191 e. The van der Waals surface area contributed by atoms with Crippen LogP contribution in [0.5, 0.6) is 5.75 Å². The zero-order valence-corrected chi connectivity index (χ0v) is 15.9. The van der Waals surface area contributed by atoms with Gasteiger partial charge in [-0.15, -0.1) is 0 Å². The van der Waals surface area contributed by atoms with Gasteiger partial charge in [0, 0.05) is 20.2 Å². The molecule has 2 aromatic rings. The van der Waals surface area contributed by atoms with E-state index in [0.717, 1.165) is 36.8 Å². The molecule has 2 N–H and O–H groups in total. The summed E-state index contributed by atoms with van der Waals surface area (Å²) in [6.07, 6.45) is 0.873. The van der Waals surface area contributed by atoms with Gasteiger partial charge < -0.3 is 20.1 Å². The van der Waals surface area contributed by atoms with Crippen molar-refractivity contribution in [2.45, 2.75) is 26.5 Å². The maximum atomic E-state index is 5.40. The van der Waals surface area contributed by atoms with Crippen LogP contribution in [0.15, 0.2) is 53.5 Å². The molecule has 0 atom stereocenters.